The minimum atomic E-state index is -0.0591. The topological polar surface area (TPSA) is 47.6 Å². The summed E-state index contributed by atoms with van der Waals surface area (Å²) in [4.78, 5) is 12.6. The third-order valence-electron chi connectivity index (χ3n) is 2.54. The number of rotatable bonds is 9. The van der Waals surface area contributed by atoms with Crippen molar-refractivity contribution in [3.05, 3.63) is 29.8 Å². The van der Waals surface area contributed by atoms with Gasteiger partial charge in [-0.05, 0) is 31.0 Å². The summed E-state index contributed by atoms with van der Waals surface area (Å²) in [5.74, 6) is -0.0591. The quantitative estimate of drug-likeness (QED) is 0.539. The predicted octanol–water partition coefficient (Wildman–Crippen LogP) is 2.15. The van der Waals surface area contributed by atoms with Crippen LogP contribution in [-0.2, 0) is 9.47 Å². The summed E-state index contributed by atoms with van der Waals surface area (Å²) >= 11 is 4.21. The summed E-state index contributed by atoms with van der Waals surface area (Å²) in [6, 6.07) is 7.20. The van der Waals surface area contributed by atoms with Crippen LogP contribution < -0.4 is 5.32 Å². The Hall–Kier alpha value is -1.04. The van der Waals surface area contributed by atoms with E-state index in [0.717, 1.165) is 17.7 Å². The molecule has 0 aromatic heterocycles. The Kier molecular flexibility index (Phi) is 8.29. The highest BCUT2D eigenvalue weighted by atomic mass is 32.1. The lowest BCUT2D eigenvalue weighted by molar-refractivity contribution is 0.0686. The van der Waals surface area contributed by atoms with Crippen molar-refractivity contribution in [2.45, 2.75) is 17.7 Å². The first-order chi connectivity index (χ1) is 9.24. The second kappa shape index (κ2) is 9.83. The third kappa shape index (κ3) is 7.20. The van der Waals surface area contributed by atoms with Crippen molar-refractivity contribution in [2.24, 2.45) is 0 Å². The average Bonchev–Trinajstić information content (AvgIpc) is 2.41. The van der Waals surface area contributed by atoms with E-state index in [1.54, 1.807) is 19.2 Å². The van der Waals surface area contributed by atoms with Crippen molar-refractivity contribution in [2.75, 3.05) is 33.5 Å². The summed E-state index contributed by atoms with van der Waals surface area (Å²) < 4.78 is 10.2. The van der Waals surface area contributed by atoms with Gasteiger partial charge in [0.25, 0.3) is 5.91 Å². The summed E-state index contributed by atoms with van der Waals surface area (Å²) in [7, 11) is 1.65. The molecule has 0 heterocycles. The highest BCUT2D eigenvalue weighted by Gasteiger charge is 2.04. The number of amides is 1. The molecule has 0 aliphatic heterocycles. The van der Waals surface area contributed by atoms with E-state index in [-0.39, 0.29) is 5.91 Å². The predicted molar refractivity (Wildman–Crippen MR) is 78.0 cm³/mol. The lowest BCUT2D eigenvalue weighted by atomic mass is 10.2. The van der Waals surface area contributed by atoms with Crippen molar-refractivity contribution in [3.8, 4) is 0 Å². The van der Waals surface area contributed by atoms with E-state index in [9.17, 15) is 4.79 Å². The Balaban J connectivity index is 2.08. The molecule has 19 heavy (non-hydrogen) atoms. The highest BCUT2D eigenvalue weighted by Crippen LogP contribution is 2.08. The zero-order chi connectivity index (χ0) is 13.9. The van der Waals surface area contributed by atoms with E-state index in [1.165, 1.54) is 0 Å². The first-order valence-electron chi connectivity index (χ1n) is 6.38. The van der Waals surface area contributed by atoms with Gasteiger partial charge in [0.05, 0.1) is 13.2 Å². The van der Waals surface area contributed by atoms with Crippen LogP contribution in [-0.4, -0.2) is 39.4 Å². The van der Waals surface area contributed by atoms with Crippen LogP contribution in [0.1, 0.15) is 23.2 Å². The van der Waals surface area contributed by atoms with Gasteiger partial charge in [0.15, 0.2) is 0 Å². The van der Waals surface area contributed by atoms with E-state index >= 15 is 0 Å². The molecule has 1 N–H and O–H groups in total. The molecule has 0 spiro atoms. The lowest BCUT2D eigenvalue weighted by Gasteiger charge is -2.06. The molecule has 0 unspecified atom stereocenters. The van der Waals surface area contributed by atoms with Gasteiger partial charge in [-0.25, -0.2) is 0 Å². The number of ether oxygens (including phenoxy) is 2. The average molecular weight is 283 g/mol. The molecule has 0 aliphatic carbocycles. The molecule has 0 saturated carbocycles. The number of thiol groups is 1. The molecular formula is C14H21NO3S. The van der Waals surface area contributed by atoms with Gasteiger partial charge < -0.3 is 14.8 Å². The number of carbonyl (C=O) groups excluding carboxylic acids is 1. The van der Waals surface area contributed by atoms with Crippen molar-refractivity contribution >= 4 is 18.5 Å². The highest BCUT2D eigenvalue weighted by molar-refractivity contribution is 7.80. The summed E-state index contributed by atoms with van der Waals surface area (Å²) in [6.45, 7) is 2.60. The number of carbonyl (C=O) groups is 1. The van der Waals surface area contributed by atoms with Crippen LogP contribution in [0.25, 0.3) is 0 Å². The molecular weight excluding hydrogens is 262 g/mol. The van der Waals surface area contributed by atoms with Crippen molar-refractivity contribution in [3.63, 3.8) is 0 Å². The molecule has 0 fully saturated rings. The van der Waals surface area contributed by atoms with Gasteiger partial charge in [0.1, 0.15) is 0 Å². The molecule has 1 aromatic carbocycles. The molecule has 1 amide bonds. The number of nitrogens with one attached hydrogen (secondary N) is 1. The van der Waals surface area contributed by atoms with Gasteiger partial charge in [0, 0.05) is 30.7 Å². The van der Waals surface area contributed by atoms with Gasteiger partial charge in [-0.1, -0.05) is 6.07 Å². The van der Waals surface area contributed by atoms with Crippen LogP contribution >= 0.6 is 12.6 Å². The van der Waals surface area contributed by atoms with Gasteiger partial charge in [-0.2, -0.15) is 0 Å². The largest absolute Gasteiger partial charge is 0.382 e. The molecule has 0 atom stereocenters. The fourth-order valence-electron chi connectivity index (χ4n) is 1.52. The molecule has 0 aliphatic rings. The van der Waals surface area contributed by atoms with Gasteiger partial charge >= 0.3 is 0 Å². The zero-order valence-electron chi connectivity index (χ0n) is 11.2. The first-order valence-corrected chi connectivity index (χ1v) is 6.82. The van der Waals surface area contributed by atoms with Crippen LogP contribution in [0.4, 0.5) is 0 Å². The van der Waals surface area contributed by atoms with Crippen LogP contribution in [0.15, 0.2) is 29.2 Å². The Bertz CT molecular complexity index is 385. The van der Waals surface area contributed by atoms with Crippen LogP contribution in [0.3, 0.4) is 0 Å². The Morgan fingerprint density at radius 1 is 1.26 bits per heavy atom. The minimum Gasteiger partial charge on any atom is -0.382 e. The maximum absolute atomic E-state index is 11.8. The molecule has 5 heteroatoms. The molecule has 0 radical (unpaired) electrons. The Labute approximate surface area is 119 Å². The Morgan fingerprint density at radius 2 is 2.11 bits per heavy atom. The third-order valence-corrected chi connectivity index (χ3v) is 2.82. The van der Waals surface area contributed by atoms with E-state index < -0.39 is 0 Å². The summed E-state index contributed by atoms with van der Waals surface area (Å²) in [5.41, 5.74) is 0.642. The molecule has 0 saturated heterocycles. The SMILES string of the molecule is COCCOCCCCNC(=O)c1cccc(S)c1. The van der Waals surface area contributed by atoms with Gasteiger partial charge in [-0.15, -0.1) is 12.6 Å². The second-order valence-corrected chi connectivity index (χ2v) is 4.63. The number of unbranched alkanes of at least 4 members (excludes halogenated alkanes) is 1. The van der Waals surface area contributed by atoms with E-state index in [4.69, 9.17) is 9.47 Å². The monoisotopic (exact) mass is 283 g/mol. The van der Waals surface area contributed by atoms with Crippen LogP contribution in [0.2, 0.25) is 0 Å². The second-order valence-electron chi connectivity index (χ2n) is 4.12. The molecule has 4 nitrogen and oxygen atoms in total. The summed E-state index contributed by atoms with van der Waals surface area (Å²) in [5, 5.41) is 2.88. The van der Waals surface area contributed by atoms with Crippen LogP contribution in [0, 0.1) is 0 Å². The van der Waals surface area contributed by atoms with E-state index in [0.29, 0.717) is 31.9 Å². The molecule has 1 rings (SSSR count). The summed E-state index contributed by atoms with van der Waals surface area (Å²) in [6.07, 6.45) is 1.83. The van der Waals surface area contributed by atoms with E-state index in [1.807, 2.05) is 12.1 Å². The molecule has 1 aromatic rings. The van der Waals surface area contributed by atoms with Crippen molar-refractivity contribution in [1.82, 2.24) is 5.32 Å². The van der Waals surface area contributed by atoms with Crippen LogP contribution in [0.5, 0.6) is 0 Å². The minimum absolute atomic E-state index is 0.0591. The first kappa shape index (κ1) is 16.0. The van der Waals surface area contributed by atoms with Gasteiger partial charge in [-0.3, -0.25) is 4.79 Å². The smallest absolute Gasteiger partial charge is 0.251 e. The van der Waals surface area contributed by atoms with Crippen molar-refractivity contribution in [1.29, 1.82) is 0 Å². The number of hydrogen-bond acceptors (Lipinski definition) is 4. The fraction of sp³-hybridized carbons (Fsp3) is 0.500. The zero-order valence-corrected chi connectivity index (χ0v) is 12.1. The van der Waals surface area contributed by atoms with Crippen molar-refractivity contribution < 1.29 is 14.3 Å². The standard InChI is InChI=1S/C14H21NO3S/c1-17-9-10-18-8-3-2-7-15-14(16)12-5-4-6-13(19)11-12/h4-6,11,19H,2-3,7-10H2,1H3,(H,15,16). The fourth-order valence-corrected chi connectivity index (χ4v) is 1.75. The molecule has 0 bridgehead atoms. The maximum Gasteiger partial charge on any atom is 0.251 e. The molecule has 106 valence electrons. The number of benzene rings is 1. The number of methoxy groups -OCH3 is 1. The normalized spacial score (nSPS) is 10.4. The van der Waals surface area contributed by atoms with Gasteiger partial charge in [0.2, 0.25) is 0 Å². The van der Waals surface area contributed by atoms with E-state index in [2.05, 4.69) is 17.9 Å². The lowest BCUT2D eigenvalue weighted by Crippen LogP contribution is -2.24. The number of hydrogen-bond donors (Lipinski definition) is 2. The Morgan fingerprint density at radius 3 is 2.84 bits per heavy atom. The maximum atomic E-state index is 11.8.